The van der Waals surface area contributed by atoms with E-state index in [1.54, 1.807) is 82.3 Å². The van der Waals surface area contributed by atoms with Gasteiger partial charge in [-0.3, -0.25) is 67.1 Å². The molecule has 15 amide bonds. The largest absolute Gasteiger partial charge is 0.461 e. The molecule has 1 aliphatic rings. The van der Waals surface area contributed by atoms with Gasteiger partial charge in [-0.2, -0.15) is 0 Å². The number of esters is 1. The number of benzene rings is 2. The Bertz CT molecular complexity index is 3220. The van der Waals surface area contributed by atoms with Crippen LogP contribution in [0.1, 0.15) is 124 Å². The second kappa shape index (κ2) is 45.9. The van der Waals surface area contributed by atoms with E-state index in [-0.39, 0.29) is 96.6 Å². The molecule has 2 aromatic rings. The number of carbonyl (C=O) groups is 15. The highest BCUT2D eigenvalue weighted by molar-refractivity contribution is 6.01. The number of nitrogens with two attached hydrogens (primary N) is 5. The highest BCUT2D eigenvalue weighted by Crippen LogP contribution is 2.15. The minimum absolute atomic E-state index is 0.00390. The molecule has 1 aliphatic heterocycles. The van der Waals surface area contributed by atoms with Crippen LogP contribution in [0, 0.1) is 11.8 Å². The topological polar surface area (TPSA) is 604 Å². The summed E-state index contributed by atoms with van der Waals surface area (Å²) in [6, 6.07) is -2.65. The van der Waals surface area contributed by atoms with Crippen molar-refractivity contribution in [3.63, 3.8) is 0 Å². The summed E-state index contributed by atoms with van der Waals surface area (Å²) in [5.41, 5.74) is 30.3. The van der Waals surface area contributed by atoms with E-state index in [4.69, 9.17) is 33.4 Å². The molecule has 0 unspecified atom stereocenters. The molecule has 0 aliphatic carbocycles. The van der Waals surface area contributed by atoms with Crippen LogP contribution < -0.4 is 103 Å². The van der Waals surface area contributed by atoms with Crippen molar-refractivity contribution in [1.82, 2.24) is 69.1 Å². The summed E-state index contributed by atoms with van der Waals surface area (Å²) in [7, 11) is 0. The molecular weight excluding hydrogens is 1360 g/mol. The standard InChI is InChI=1S/C67H107N19O18/c1-35(2)32-49-62(98)78-44(21-26-68)57(93)77-47(24-29-71)61(97)86-54(37(5)87)64(100)73-31-25-48(60(96)76-45(22-27-69)59(95)83-50(63(99)82-49)33-40-12-9-8-10-13-40)79-58(94)46(23-28-70)81-66(102)55(38(6)88)85-52(91)20-19-51(90)84-53(36(3)4)65(101)80-43(14-11-30-74-67(72)103)56(92)75-42-17-15-41(16-18-42)34-104-39(7)89/h8-10,12-13,15-18,35-38,43-50,53-55,87-88H,11,14,19-34,68-71H2,1-7H3,(H,73,100)(H,75,92)(H,76,96)(H,77,93)(H,78,98)(H,79,94)(H,80,101)(H,81,102)(H,82,99)(H,83,95)(H,84,90)(H,85,91)(H,86,97)(H3,72,74,103)/t37-,38-,43+,44+,45+,46+,47+,48+,49+,50-,53+,54+,55+/m1/s1. The first-order valence-electron chi connectivity index (χ1n) is 34.6. The van der Waals surface area contributed by atoms with Gasteiger partial charge in [0.2, 0.25) is 76.8 Å². The van der Waals surface area contributed by atoms with E-state index in [9.17, 15) is 82.1 Å². The van der Waals surface area contributed by atoms with E-state index in [0.717, 1.165) is 6.92 Å². The molecule has 1 heterocycles. The monoisotopic (exact) mass is 1470 g/mol. The van der Waals surface area contributed by atoms with Crippen LogP contribution in [0.4, 0.5) is 10.5 Å². The third kappa shape index (κ3) is 31.7. The first-order chi connectivity index (χ1) is 49.2. The number of carbonyl (C=O) groups excluding carboxylic acids is 15. The van der Waals surface area contributed by atoms with Crippen LogP contribution in [0.25, 0.3) is 0 Å². The van der Waals surface area contributed by atoms with E-state index in [1.165, 1.54) is 13.8 Å². The maximum Gasteiger partial charge on any atom is 0.312 e. The number of hydrogen-bond acceptors (Lipinski definition) is 22. The fourth-order valence-corrected chi connectivity index (χ4v) is 10.6. The molecule has 2 aromatic carbocycles. The van der Waals surface area contributed by atoms with Crippen molar-refractivity contribution in [1.29, 1.82) is 0 Å². The average molecular weight is 1470 g/mol. The number of aliphatic hydroxyl groups excluding tert-OH is 2. The second-order valence-corrected chi connectivity index (χ2v) is 25.9. The van der Waals surface area contributed by atoms with Crippen LogP contribution in [0.2, 0.25) is 0 Å². The van der Waals surface area contributed by atoms with E-state index in [2.05, 4.69) is 74.4 Å². The number of urea groups is 1. The Morgan fingerprint density at radius 3 is 1.54 bits per heavy atom. The first kappa shape index (κ1) is 88.3. The Morgan fingerprint density at radius 2 is 1.04 bits per heavy atom. The number of nitrogens with one attached hydrogen (secondary N) is 14. The number of ether oxygens (including phenoxy) is 1. The van der Waals surface area contributed by atoms with Gasteiger partial charge in [-0.15, -0.1) is 0 Å². The van der Waals surface area contributed by atoms with Gasteiger partial charge >= 0.3 is 12.0 Å². The lowest BCUT2D eigenvalue weighted by molar-refractivity contribution is -0.142. The lowest BCUT2D eigenvalue weighted by Gasteiger charge is -2.28. The maximum atomic E-state index is 14.6. The highest BCUT2D eigenvalue weighted by Gasteiger charge is 2.38. The molecule has 0 aromatic heterocycles. The van der Waals surface area contributed by atoms with Crippen LogP contribution in [0.5, 0.6) is 0 Å². The van der Waals surface area contributed by atoms with Crippen molar-refractivity contribution >= 4 is 94.5 Å². The van der Waals surface area contributed by atoms with E-state index >= 15 is 0 Å². The van der Waals surface area contributed by atoms with Crippen LogP contribution >= 0.6 is 0 Å². The number of primary amides is 1. The fourth-order valence-electron chi connectivity index (χ4n) is 10.6. The van der Waals surface area contributed by atoms with Crippen LogP contribution in [-0.2, 0) is 84.9 Å². The summed E-state index contributed by atoms with van der Waals surface area (Å²) in [5.74, 6) is -13.4. The Hall–Kier alpha value is -9.95. The molecule has 3 rings (SSSR count). The second-order valence-electron chi connectivity index (χ2n) is 25.9. The van der Waals surface area contributed by atoms with Gasteiger partial charge in [0.25, 0.3) is 0 Å². The normalized spacial score (nSPS) is 20.6. The van der Waals surface area contributed by atoms with Crippen LogP contribution in [0.3, 0.4) is 0 Å². The van der Waals surface area contributed by atoms with Crippen molar-refractivity contribution in [2.45, 2.75) is 204 Å². The van der Waals surface area contributed by atoms with Gasteiger partial charge in [-0.25, -0.2) is 4.79 Å². The van der Waals surface area contributed by atoms with Gasteiger partial charge < -0.3 is 118 Å². The summed E-state index contributed by atoms with van der Waals surface area (Å²) in [5, 5.41) is 57.1. The summed E-state index contributed by atoms with van der Waals surface area (Å²) in [4.78, 5) is 205. The smallest absolute Gasteiger partial charge is 0.312 e. The number of aliphatic hydroxyl groups is 2. The Labute approximate surface area is 603 Å². The van der Waals surface area contributed by atoms with Crippen molar-refractivity contribution in [2.24, 2.45) is 40.5 Å². The Morgan fingerprint density at radius 1 is 0.548 bits per heavy atom. The minimum Gasteiger partial charge on any atom is -0.461 e. The molecule has 104 heavy (non-hydrogen) atoms. The molecule has 0 radical (unpaired) electrons. The quantitative estimate of drug-likeness (QED) is 0.0229. The SMILES string of the molecule is CC(=O)OCc1ccc(NC(=O)[C@H](CCCNC(N)=O)NC(=O)[C@@H](NC(=O)CCC(=O)N[C@H](C(=O)N[C@@H](CCN)C(=O)N[C@H]2CCNC(=O)[C@H]([C@@H](C)O)NC(=O)[C@H](CCN)NC(=O)[C@H](CCN)NC(=O)[C@H](CC(C)C)NC(=O)[C@@H](Cc3ccccc3)NC(=O)[C@H](CCN)NC2=O)[C@@H](C)O)C(C)C)cc1. The zero-order valence-electron chi connectivity index (χ0n) is 59.9. The van der Waals surface area contributed by atoms with Gasteiger partial charge in [0.1, 0.15) is 73.1 Å². The summed E-state index contributed by atoms with van der Waals surface area (Å²) in [6.07, 6.45) is -5.96. The van der Waals surface area contributed by atoms with E-state index in [1.807, 2.05) is 0 Å². The zero-order chi connectivity index (χ0) is 77.8. The summed E-state index contributed by atoms with van der Waals surface area (Å²) >= 11 is 0. The molecule has 0 saturated carbocycles. The van der Waals surface area contributed by atoms with E-state index in [0.29, 0.717) is 16.8 Å². The molecule has 578 valence electrons. The molecule has 0 spiro atoms. The minimum atomic E-state index is -1.81. The molecule has 37 heteroatoms. The Kier molecular flexibility index (Phi) is 39.0. The summed E-state index contributed by atoms with van der Waals surface area (Å²) < 4.78 is 5.00. The highest BCUT2D eigenvalue weighted by atomic mass is 16.5. The van der Waals surface area contributed by atoms with Crippen molar-refractivity contribution in [2.75, 3.05) is 44.6 Å². The average Bonchev–Trinajstić information content (AvgIpc) is 0.975. The number of amides is 15. The molecule has 26 N–H and O–H groups in total. The van der Waals surface area contributed by atoms with Crippen LogP contribution in [0.15, 0.2) is 54.6 Å². The van der Waals surface area contributed by atoms with Gasteiger partial charge in [-0.05, 0) is 126 Å². The van der Waals surface area contributed by atoms with Gasteiger partial charge in [0.05, 0.1) is 12.2 Å². The lowest BCUT2D eigenvalue weighted by atomic mass is 10.00. The number of rotatable bonds is 34. The predicted octanol–water partition coefficient (Wildman–Crippen LogP) is -6.13. The number of anilines is 1. The van der Waals surface area contributed by atoms with Gasteiger partial charge in [0, 0.05) is 45.0 Å². The lowest BCUT2D eigenvalue weighted by Crippen LogP contribution is -2.61. The van der Waals surface area contributed by atoms with E-state index < -0.39 is 199 Å². The zero-order valence-corrected chi connectivity index (χ0v) is 59.9. The number of hydrogen-bond donors (Lipinski definition) is 21. The predicted molar refractivity (Wildman–Crippen MR) is 378 cm³/mol. The Balaban J connectivity index is 1.94. The molecule has 1 fully saturated rings. The molecule has 37 nitrogen and oxygen atoms in total. The maximum absolute atomic E-state index is 14.6. The first-order valence-corrected chi connectivity index (χ1v) is 34.6. The fraction of sp³-hybridized carbons (Fsp3) is 0.597. The third-order valence-corrected chi connectivity index (χ3v) is 16.2. The molecular formula is C67H107N19O18. The molecule has 1 saturated heterocycles. The van der Waals surface area contributed by atoms with Crippen molar-refractivity contribution in [3.8, 4) is 0 Å². The van der Waals surface area contributed by atoms with Crippen molar-refractivity contribution < 1.29 is 86.9 Å². The van der Waals surface area contributed by atoms with Crippen molar-refractivity contribution in [3.05, 3.63) is 65.7 Å². The van der Waals surface area contributed by atoms with Crippen LogP contribution in [-0.4, -0.2) is 217 Å². The molecule has 13 atom stereocenters. The molecule has 0 bridgehead atoms. The van der Waals surface area contributed by atoms with Gasteiger partial charge in [-0.1, -0.05) is 70.2 Å². The third-order valence-electron chi connectivity index (χ3n) is 16.2. The van der Waals surface area contributed by atoms with Gasteiger partial charge in [0.15, 0.2) is 0 Å². The summed E-state index contributed by atoms with van der Waals surface area (Å²) in [6.45, 7) is 8.98.